The summed E-state index contributed by atoms with van der Waals surface area (Å²) in [4.78, 5) is 27.0. The molecule has 4 nitrogen and oxygen atoms in total. The van der Waals surface area contributed by atoms with Gasteiger partial charge in [-0.3, -0.25) is 9.59 Å². The lowest BCUT2D eigenvalue weighted by Gasteiger charge is -2.43. The minimum absolute atomic E-state index is 0.180. The van der Waals surface area contributed by atoms with Crippen LogP contribution in [-0.2, 0) is 10.4 Å². The van der Waals surface area contributed by atoms with E-state index in [4.69, 9.17) is 11.6 Å². The van der Waals surface area contributed by atoms with E-state index in [1.165, 1.54) is 24.3 Å². The van der Waals surface area contributed by atoms with E-state index in [0.717, 1.165) is 18.4 Å². The summed E-state index contributed by atoms with van der Waals surface area (Å²) in [7, 11) is 0. The van der Waals surface area contributed by atoms with E-state index in [9.17, 15) is 19.1 Å². The molecule has 2 aliphatic heterocycles. The molecule has 2 aromatic rings. The van der Waals surface area contributed by atoms with Crippen molar-refractivity contribution >= 4 is 23.3 Å². The number of benzene rings is 2. The number of hydrogen-bond acceptors (Lipinski definition) is 3. The van der Waals surface area contributed by atoms with Crippen molar-refractivity contribution in [1.82, 2.24) is 4.90 Å². The first-order chi connectivity index (χ1) is 12.9. The molecule has 2 aromatic carbocycles. The summed E-state index contributed by atoms with van der Waals surface area (Å²) < 4.78 is 13.1. The number of amides is 1. The van der Waals surface area contributed by atoms with Crippen molar-refractivity contribution in [2.45, 2.75) is 43.4 Å². The van der Waals surface area contributed by atoms with Gasteiger partial charge in [-0.05, 0) is 54.8 Å². The molecule has 2 fully saturated rings. The second-order valence-electron chi connectivity index (χ2n) is 7.38. The van der Waals surface area contributed by atoms with E-state index in [-0.39, 0.29) is 17.6 Å². The van der Waals surface area contributed by atoms with Crippen molar-refractivity contribution in [3.8, 4) is 0 Å². The van der Waals surface area contributed by atoms with Crippen LogP contribution in [0.5, 0.6) is 0 Å². The zero-order chi connectivity index (χ0) is 19.2. The first-order valence-electron chi connectivity index (χ1n) is 8.98. The molecule has 2 saturated heterocycles. The summed E-state index contributed by atoms with van der Waals surface area (Å²) in [6.45, 7) is 0. The fourth-order valence-corrected chi connectivity index (χ4v) is 4.52. The van der Waals surface area contributed by atoms with Gasteiger partial charge in [-0.1, -0.05) is 23.7 Å². The Kier molecular flexibility index (Phi) is 4.52. The molecule has 1 amide bonds. The standard InChI is InChI=1S/C21H19ClFNO3/c22-15-5-3-14(4-6-15)21(27)11-17-9-10-18(12-21)24(17)20(26)19(25)13-1-7-16(23)8-2-13/h1-8,17-18,27H,9-12H2/t17-,18+,21?. The Labute approximate surface area is 161 Å². The van der Waals surface area contributed by atoms with Gasteiger partial charge in [-0.25, -0.2) is 4.39 Å². The van der Waals surface area contributed by atoms with Crippen LogP contribution in [0.1, 0.15) is 41.6 Å². The van der Waals surface area contributed by atoms with E-state index in [2.05, 4.69) is 0 Å². The van der Waals surface area contributed by atoms with Gasteiger partial charge in [0.15, 0.2) is 0 Å². The van der Waals surface area contributed by atoms with Gasteiger partial charge in [-0.15, -0.1) is 0 Å². The monoisotopic (exact) mass is 387 g/mol. The third kappa shape index (κ3) is 3.26. The average Bonchev–Trinajstić information content (AvgIpc) is 2.93. The van der Waals surface area contributed by atoms with Crippen molar-refractivity contribution in [3.05, 3.63) is 70.5 Å². The van der Waals surface area contributed by atoms with Gasteiger partial charge in [0.1, 0.15) is 5.82 Å². The maximum absolute atomic E-state index is 13.1. The smallest absolute Gasteiger partial charge is 0.295 e. The summed E-state index contributed by atoms with van der Waals surface area (Å²) >= 11 is 5.94. The fourth-order valence-electron chi connectivity index (χ4n) is 4.39. The van der Waals surface area contributed by atoms with Crippen molar-refractivity contribution in [3.63, 3.8) is 0 Å². The third-order valence-corrected chi connectivity index (χ3v) is 5.94. The third-order valence-electron chi connectivity index (χ3n) is 5.68. The largest absolute Gasteiger partial charge is 0.385 e. The maximum atomic E-state index is 13.1. The number of hydrogen-bond donors (Lipinski definition) is 1. The molecular formula is C21H19ClFNO3. The van der Waals surface area contributed by atoms with Crippen molar-refractivity contribution in [1.29, 1.82) is 0 Å². The Hall–Kier alpha value is -2.24. The highest BCUT2D eigenvalue weighted by Gasteiger charge is 2.51. The normalized spacial score (nSPS) is 26.9. The molecule has 2 bridgehead atoms. The Morgan fingerprint density at radius 1 is 1.00 bits per heavy atom. The van der Waals surface area contributed by atoms with Crippen LogP contribution < -0.4 is 0 Å². The van der Waals surface area contributed by atoms with Crippen LogP contribution in [0.3, 0.4) is 0 Å². The van der Waals surface area contributed by atoms with Crippen LogP contribution >= 0.6 is 11.6 Å². The fraction of sp³-hybridized carbons (Fsp3) is 0.333. The van der Waals surface area contributed by atoms with Crippen molar-refractivity contribution in [2.24, 2.45) is 0 Å². The number of carbonyl (C=O) groups is 2. The summed E-state index contributed by atoms with van der Waals surface area (Å²) in [6, 6.07) is 11.7. The molecule has 2 aliphatic rings. The maximum Gasteiger partial charge on any atom is 0.295 e. The number of halogens is 2. The Morgan fingerprint density at radius 3 is 2.11 bits per heavy atom. The molecule has 0 saturated carbocycles. The quantitative estimate of drug-likeness (QED) is 0.645. The molecule has 1 unspecified atom stereocenters. The Morgan fingerprint density at radius 2 is 1.56 bits per heavy atom. The number of fused-ring (bicyclic) bond motifs is 2. The predicted octanol–water partition coefficient (Wildman–Crippen LogP) is 3.70. The summed E-state index contributed by atoms with van der Waals surface area (Å²) in [6.07, 6.45) is 2.27. The Bertz CT molecular complexity index is 867. The molecule has 140 valence electrons. The van der Waals surface area contributed by atoms with Crippen LogP contribution in [0.2, 0.25) is 5.02 Å². The number of Topliss-reactive ketones (excluding diaryl/α,β-unsaturated/α-hetero) is 1. The number of piperidine rings is 1. The molecule has 0 aromatic heterocycles. The van der Waals surface area contributed by atoms with Gasteiger partial charge in [-0.2, -0.15) is 0 Å². The molecule has 0 radical (unpaired) electrons. The molecule has 6 heteroatoms. The van der Waals surface area contributed by atoms with Gasteiger partial charge in [0.2, 0.25) is 5.78 Å². The SMILES string of the molecule is O=C(C(=O)N1[C@@H]2CC[C@H]1CC(O)(c1ccc(Cl)cc1)C2)c1ccc(F)cc1. The molecule has 1 N–H and O–H groups in total. The number of rotatable bonds is 3. The summed E-state index contributed by atoms with van der Waals surface area (Å²) in [5.41, 5.74) is -0.0772. The lowest BCUT2D eigenvalue weighted by Crippen LogP contribution is -2.53. The van der Waals surface area contributed by atoms with Crippen molar-refractivity contribution in [2.75, 3.05) is 0 Å². The second-order valence-corrected chi connectivity index (χ2v) is 7.82. The number of nitrogens with zero attached hydrogens (tertiary/aromatic N) is 1. The molecule has 2 heterocycles. The molecular weight excluding hydrogens is 369 g/mol. The topological polar surface area (TPSA) is 57.6 Å². The minimum atomic E-state index is -1.04. The van der Waals surface area contributed by atoms with Gasteiger partial charge in [0.25, 0.3) is 5.91 Å². The van der Waals surface area contributed by atoms with Gasteiger partial charge < -0.3 is 10.0 Å². The number of carbonyl (C=O) groups excluding carboxylic acids is 2. The highest BCUT2D eigenvalue weighted by molar-refractivity contribution is 6.42. The zero-order valence-electron chi connectivity index (χ0n) is 14.6. The number of aliphatic hydroxyl groups is 1. The molecule has 3 atom stereocenters. The molecule has 0 spiro atoms. The minimum Gasteiger partial charge on any atom is -0.385 e. The van der Waals surface area contributed by atoms with Crippen molar-refractivity contribution < 1.29 is 19.1 Å². The first-order valence-corrected chi connectivity index (χ1v) is 9.36. The summed E-state index contributed by atoms with van der Waals surface area (Å²) in [5, 5.41) is 11.8. The predicted molar refractivity (Wildman–Crippen MR) is 99.0 cm³/mol. The first kappa shape index (κ1) is 18.1. The lowest BCUT2D eigenvalue weighted by molar-refractivity contribution is -0.137. The van der Waals surface area contributed by atoms with Crippen LogP contribution in [0.4, 0.5) is 4.39 Å². The van der Waals surface area contributed by atoms with Gasteiger partial charge >= 0.3 is 0 Å². The van der Waals surface area contributed by atoms with Gasteiger partial charge in [0.05, 0.1) is 5.60 Å². The average molecular weight is 388 g/mol. The summed E-state index contributed by atoms with van der Waals surface area (Å²) in [5.74, 6) is -1.67. The van der Waals surface area contributed by atoms with E-state index in [0.29, 0.717) is 17.9 Å². The lowest BCUT2D eigenvalue weighted by atomic mass is 9.80. The number of ketones is 1. The van der Waals surface area contributed by atoms with E-state index in [1.54, 1.807) is 17.0 Å². The highest BCUT2D eigenvalue weighted by Crippen LogP contribution is 2.46. The highest BCUT2D eigenvalue weighted by atomic mass is 35.5. The molecule has 4 rings (SSSR count). The molecule has 0 aliphatic carbocycles. The second kappa shape index (κ2) is 6.73. The van der Waals surface area contributed by atoms with E-state index >= 15 is 0 Å². The van der Waals surface area contributed by atoms with E-state index < -0.39 is 23.1 Å². The van der Waals surface area contributed by atoms with Crippen LogP contribution in [0, 0.1) is 5.82 Å². The van der Waals surface area contributed by atoms with Crippen LogP contribution in [0.25, 0.3) is 0 Å². The zero-order valence-corrected chi connectivity index (χ0v) is 15.3. The van der Waals surface area contributed by atoms with E-state index in [1.807, 2.05) is 12.1 Å². The van der Waals surface area contributed by atoms with Gasteiger partial charge in [0, 0.05) is 35.5 Å². The van der Waals surface area contributed by atoms with Crippen LogP contribution in [0.15, 0.2) is 48.5 Å². The molecule has 27 heavy (non-hydrogen) atoms. The van der Waals surface area contributed by atoms with Crippen LogP contribution in [-0.4, -0.2) is 33.8 Å². The Balaban J connectivity index is 1.55.